The van der Waals surface area contributed by atoms with E-state index in [9.17, 15) is 19.2 Å². The van der Waals surface area contributed by atoms with Crippen molar-refractivity contribution in [1.29, 1.82) is 0 Å². The van der Waals surface area contributed by atoms with E-state index in [2.05, 4.69) is 28.7 Å². The first-order chi connectivity index (χ1) is 30.2. The number of anilines is 1. The Morgan fingerprint density at radius 1 is 0.661 bits per heavy atom. The zero-order valence-corrected chi connectivity index (χ0v) is 34.7. The van der Waals surface area contributed by atoms with Crippen LogP contribution in [0.2, 0.25) is 0 Å². The molecule has 5 rings (SSSR count). The van der Waals surface area contributed by atoms with Gasteiger partial charge in [0.2, 0.25) is 5.13 Å². The van der Waals surface area contributed by atoms with Crippen LogP contribution in [0.4, 0.5) is 5.13 Å². The van der Waals surface area contributed by atoms with Crippen LogP contribution in [0.15, 0.2) is 121 Å². The lowest BCUT2D eigenvalue weighted by Gasteiger charge is -2.11. The van der Waals surface area contributed by atoms with E-state index in [0.717, 1.165) is 22.4 Å². The van der Waals surface area contributed by atoms with Gasteiger partial charge in [-0.1, -0.05) is 48.8 Å². The lowest BCUT2D eigenvalue weighted by atomic mass is 10.2. The van der Waals surface area contributed by atoms with Gasteiger partial charge in [0, 0.05) is 42.7 Å². The van der Waals surface area contributed by atoms with Crippen molar-refractivity contribution in [3.8, 4) is 34.5 Å². The minimum absolute atomic E-state index is 0.136. The number of hydrogen-bond donors (Lipinski definition) is 1. The van der Waals surface area contributed by atoms with Gasteiger partial charge in [-0.2, -0.15) is 5.10 Å². The fourth-order valence-electron chi connectivity index (χ4n) is 5.24. The molecule has 0 amide bonds. The average molecular weight is 862 g/mol. The molecule has 0 aliphatic rings. The van der Waals surface area contributed by atoms with Crippen LogP contribution in [-0.4, -0.2) is 75.7 Å². The third-order valence-corrected chi connectivity index (χ3v) is 9.12. The molecule has 62 heavy (non-hydrogen) atoms. The van der Waals surface area contributed by atoms with Crippen molar-refractivity contribution in [2.45, 2.75) is 12.8 Å². The number of hydrazone groups is 1. The molecule has 0 saturated heterocycles. The number of rotatable bonds is 23. The van der Waals surface area contributed by atoms with Gasteiger partial charge in [0.05, 0.1) is 57.1 Å². The van der Waals surface area contributed by atoms with Gasteiger partial charge in [-0.15, -0.1) is 0 Å². The second-order valence-electron chi connectivity index (χ2n) is 12.5. The Hall–Kier alpha value is -7.72. The minimum atomic E-state index is -0.694. The Bertz CT molecular complexity index is 2440. The molecule has 320 valence electrons. The topological polar surface area (TPSA) is 179 Å². The standard InChI is InChI=1S/C46H43N3O12S/c1-5-42(50)58-25-9-23-56-37-18-13-31(27-39(37)54-3)15-21-44(52)60-34-17-20-36(33(29-34)30-47-49-46-48-35-11-7-8-12-41(35)62-46)61-45(53)22-16-32-14-19-38(40(28-32)55-4)57-24-10-26-59-43(51)6-2/h5-8,11-22,27-30H,1-2,9-10,23-26H2,3-4H3,(H,48,49)/b21-15+,22-16+,47-30+. The Labute approximate surface area is 361 Å². The monoisotopic (exact) mass is 861 g/mol. The first kappa shape index (κ1) is 45.4. The third kappa shape index (κ3) is 14.2. The van der Waals surface area contributed by atoms with E-state index in [1.165, 1.54) is 62.1 Å². The summed E-state index contributed by atoms with van der Waals surface area (Å²) in [7, 11) is 2.99. The summed E-state index contributed by atoms with van der Waals surface area (Å²) in [6, 6.07) is 22.4. The van der Waals surface area contributed by atoms with Crippen LogP contribution in [-0.2, 0) is 28.7 Å². The van der Waals surface area contributed by atoms with Gasteiger partial charge >= 0.3 is 23.9 Å². The van der Waals surface area contributed by atoms with Gasteiger partial charge in [-0.25, -0.2) is 24.2 Å². The number of ether oxygens (including phenoxy) is 8. The van der Waals surface area contributed by atoms with Crippen molar-refractivity contribution in [3.05, 3.63) is 133 Å². The van der Waals surface area contributed by atoms with Gasteiger partial charge in [-0.05, 0) is 77.9 Å². The highest BCUT2D eigenvalue weighted by molar-refractivity contribution is 7.22. The van der Waals surface area contributed by atoms with Gasteiger partial charge in [0.25, 0.3) is 0 Å². The minimum Gasteiger partial charge on any atom is -0.493 e. The number of benzene rings is 4. The Kier molecular flexibility index (Phi) is 17.4. The first-order valence-corrected chi connectivity index (χ1v) is 19.8. The van der Waals surface area contributed by atoms with Crippen LogP contribution in [0.1, 0.15) is 29.5 Å². The number of aromatic nitrogens is 1. The summed E-state index contributed by atoms with van der Waals surface area (Å²) < 4.78 is 44.6. The number of nitrogens with one attached hydrogen (secondary N) is 1. The summed E-state index contributed by atoms with van der Waals surface area (Å²) in [5.74, 6) is -0.263. The van der Waals surface area contributed by atoms with E-state index in [1.54, 1.807) is 48.6 Å². The number of nitrogens with zero attached hydrogens (tertiary/aromatic N) is 2. The second kappa shape index (κ2) is 23.8. The SMILES string of the molecule is C=CC(=O)OCCCOc1ccc(/C=C/C(=O)Oc2ccc(OC(=O)/C=C/c3ccc(OCCCOC(=O)C=C)c(OC)c3)c(/C=N/Nc3nc4ccccc4s3)c2)cc1OC. The van der Waals surface area contributed by atoms with E-state index in [-0.39, 0.29) is 37.9 Å². The number of methoxy groups -OCH3 is 2. The number of para-hydroxylation sites is 1. The normalized spacial score (nSPS) is 11.0. The molecule has 5 aromatic rings. The molecule has 0 unspecified atom stereocenters. The predicted octanol–water partition coefficient (Wildman–Crippen LogP) is 7.99. The fraction of sp³-hybridized carbons (Fsp3) is 0.174. The molecule has 0 fully saturated rings. The van der Waals surface area contributed by atoms with E-state index in [1.807, 2.05) is 24.3 Å². The molecule has 0 bridgehead atoms. The Balaban J connectivity index is 1.24. The highest BCUT2D eigenvalue weighted by Gasteiger charge is 2.12. The molecule has 1 N–H and O–H groups in total. The molecule has 4 aromatic carbocycles. The number of carbonyl (C=O) groups excluding carboxylic acids is 4. The lowest BCUT2D eigenvalue weighted by molar-refractivity contribution is -0.138. The fourth-order valence-corrected chi connectivity index (χ4v) is 6.06. The first-order valence-electron chi connectivity index (χ1n) is 19.0. The van der Waals surface area contributed by atoms with Crippen molar-refractivity contribution < 1.29 is 57.1 Å². The van der Waals surface area contributed by atoms with E-state index in [4.69, 9.17) is 37.9 Å². The molecular weight excluding hydrogens is 819 g/mol. The summed E-state index contributed by atoms with van der Waals surface area (Å²) in [6.07, 6.45) is 10.1. The van der Waals surface area contributed by atoms with Crippen LogP contribution in [0, 0.1) is 0 Å². The lowest BCUT2D eigenvalue weighted by Crippen LogP contribution is -2.08. The maximum Gasteiger partial charge on any atom is 0.336 e. The maximum atomic E-state index is 13.1. The molecule has 0 atom stereocenters. The summed E-state index contributed by atoms with van der Waals surface area (Å²) in [5, 5.41) is 4.85. The van der Waals surface area contributed by atoms with Crippen molar-refractivity contribution >= 4 is 68.9 Å². The van der Waals surface area contributed by atoms with Crippen LogP contribution in [0.25, 0.3) is 22.4 Å². The molecule has 0 aliphatic carbocycles. The quantitative estimate of drug-likeness (QED) is 0.0167. The van der Waals surface area contributed by atoms with E-state index >= 15 is 0 Å². The van der Waals surface area contributed by atoms with Gasteiger partial charge < -0.3 is 37.9 Å². The molecule has 16 heteroatoms. The number of hydrogen-bond acceptors (Lipinski definition) is 16. The molecule has 15 nitrogen and oxygen atoms in total. The number of carbonyl (C=O) groups is 4. The number of thiazole rings is 1. The molecular formula is C46H43N3O12S. The van der Waals surface area contributed by atoms with Crippen molar-refractivity contribution in [3.63, 3.8) is 0 Å². The summed E-state index contributed by atoms with van der Waals surface area (Å²) in [6.45, 7) is 7.64. The van der Waals surface area contributed by atoms with Gasteiger partial charge in [0.15, 0.2) is 23.0 Å². The smallest absolute Gasteiger partial charge is 0.336 e. The average Bonchev–Trinajstić information content (AvgIpc) is 3.71. The number of esters is 4. The van der Waals surface area contributed by atoms with Crippen molar-refractivity contribution in [2.24, 2.45) is 5.10 Å². The van der Waals surface area contributed by atoms with E-state index < -0.39 is 23.9 Å². The van der Waals surface area contributed by atoms with Crippen molar-refractivity contribution in [2.75, 3.05) is 46.1 Å². The molecule has 0 radical (unpaired) electrons. The highest BCUT2D eigenvalue weighted by Crippen LogP contribution is 2.31. The predicted molar refractivity (Wildman–Crippen MR) is 235 cm³/mol. The third-order valence-electron chi connectivity index (χ3n) is 8.18. The summed E-state index contributed by atoms with van der Waals surface area (Å²) >= 11 is 1.41. The second-order valence-corrected chi connectivity index (χ2v) is 13.6. The largest absolute Gasteiger partial charge is 0.493 e. The summed E-state index contributed by atoms with van der Waals surface area (Å²) in [5.41, 5.74) is 5.30. The molecule has 0 saturated carbocycles. The maximum absolute atomic E-state index is 13.1. The number of fused-ring (bicyclic) bond motifs is 1. The zero-order chi connectivity index (χ0) is 44.1. The van der Waals surface area contributed by atoms with Crippen LogP contribution >= 0.6 is 11.3 Å². The van der Waals surface area contributed by atoms with E-state index in [0.29, 0.717) is 57.7 Å². The Morgan fingerprint density at radius 2 is 1.23 bits per heavy atom. The highest BCUT2D eigenvalue weighted by atomic mass is 32.1. The van der Waals surface area contributed by atoms with Crippen LogP contribution in [0.5, 0.6) is 34.5 Å². The zero-order valence-electron chi connectivity index (χ0n) is 33.9. The molecule has 0 spiro atoms. The van der Waals surface area contributed by atoms with Crippen LogP contribution < -0.4 is 33.8 Å². The Morgan fingerprint density at radius 3 is 1.79 bits per heavy atom. The van der Waals surface area contributed by atoms with Gasteiger partial charge in [0.1, 0.15) is 11.5 Å². The van der Waals surface area contributed by atoms with Crippen molar-refractivity contribution in [1.82, 2.24) is 4.98 Å². The van der Waals surface area contributed by atoms with Crippen LogP contribution in [0.3, 0.4) is 0 Å². The molecule has 1 heterocycles. The molecule has 1 aromatic heterocycles. The summed E-state index contributed by atoms with van der Waals surface area (Å²) in [4.78, 5) is 53.0. The van der Waals surface area contributed by atoms with Gasteiger partial charge in [-0.3, -0.25) is 5.43 Å². The molecule has 0 aliphatic heterocycles.